The van der Waals surface area contributed by atoms with Gasteiger partial charge in [-0.15, -0.1) is 0 Å². The van der Waals surface area contributed by atoms with Gasteiger partial charge in [0.2, 0.25) is 11.8 Å². The van der Waals surface area contributed by atoms with Crippen molar-refractivity contribution >= 4 is 11.8 Å². The number of hydrogen-bond donors (Lipinski definition) is 1. The number of rotatable bonds is 4. The lowest BCUT2D eigenvalue weighted by atomic mass is 10.0. The molecule has 3 atom stereocenters. The van der Waals surface area contributed by atoms with Crippen LogP contribution in [0, 0.1) is 0 Å². The lowest BCUT2D eigenvalue weighted by Gasteiger charge is -2.33. The fourth-order valence-corrected chi connectivity index (χ4v) is 5.17. The Morgan fingerprint density at radius 2 is 2.00 bits per heavy atom. The molecule has 0 bridgehead atoms. The van der Waals surface area contributed by atoms with Crippen LogP contribution >= 0.6 is 0 Å². The van der Waals surface area contributed by atoms with Crippen LogP contribution in [0.4, 0.5) is 0 Å². The summed E-state index contributed by atoms with van der Waals surface area (Å²) < 4.78 is 6.26. The van der Waals surface area contributed by atoms with Crippen LogP contribution in [0.15, 0.2) is 54.6 Å². The highest BCUT2D eigenvalue weighted by molar-refractivity contribution is 5.85. The van der Waals surface area contributed by atoms with E-state index in [1.807, 2.05) is 46.2 Å². The fraction of sp³-hybridized carbons (Fsp3) is 0.391. The van der Waals surface area contributed by atoms with Crippen LogP contribution < -0.4 is 0 Å². The molecule has 3 aliphatic heterocycles. The second kappa shape index (κ2) is 6.88. The van der Waals surface area contributed by atoms with Crippen molar-refractivity contribution in [3.8, 4) is 5.75 Å². The monoisotopic (exact) mass is 392 g/mol. The molecule has 0 aliphatic carbocycles. The van der Waals surface area contributed by atoms with Crippen LogP contribution in [0.2, 0.25) is 0 Å². The van der Waals surface area contributed by atoms with Gasteiger partial charge in [0.05, 0.1) is 25.1 Å². The standard InChI is InChI=1S/C23H24N2O4/c26-18-8-4-5-16(13-18)9-10-21(27)24-12-11-23-20(24)14-22(28)25(23)19(15-29-23)17-6-2-1-3-7-17/h1-8,13,19-20,26H,9-12,14-15H2/t19-,20+,23-/m0/s1. The molecule has 2 aromatic carbocycles. The molecule has 3 fully saturated rings. The summed E-state index contributed by atoms with van der Waals surface area (Å²) in [6.07, 6.45) is 1.90. The molecule has 3 aliphatic rings. The zero-order valence-corrected chi connectivity index (χ0v) is 16.2. The third-order valence-corrected chi connectivity index (χ3v) is 6.50. The summed E-state index contributed by atoms with van der Waals surface area (Å²) in [5, 5.41) is 9.61. The van der Waals surface area contributed by atoms with E-state index in [1.165, 1.54) is 0 Å². The molecule has 0 aromatic heterocycles. The average Bonchev–Trinajstić information content (AvgIpc) is 3.36. The minimum Gasteiger partial charge on any atom is -0.508 e. The molecule has 1 spiro atoms. The summed E-state index contributed by atoms with van der Waals surface area (Å²) in [5.74, 6) is 0.307. The Balaban J connectivity index is 1.32. The van der Waals surface area contributed by atoms with E-state index in [-0.39, 0.29) is 29.6 Å². The molecule has 3 heterocycles. The number of nitrogens with zero attached hydrogens (tertiary/aromatic N) is 2. The quantitative estimate of drug-likeness (QED) is 0.868. The van der Waals surface area contributed by atoms with E-state index in [9.17, 15) is 14.7 Å². The minimum atomic E-state index is -0.682. The molecule has 0 unspecified atom stereocenters. The smallest absolute Gasteiger partial charge is 0.227 e. The van der Waals surface area contributed by atoms with Crippen LogP contribution in [0.5, 0.6) is 5.75 Å². The third kappa shape index (κ3) is 2.90. The molecule has 6 nitrogen and oxygen atoms in total. The molecule has 2 aromatic rings. The van der Waals surface area contributed by atoms with Crippen molar-refractivity contribution in [1.29, 1.82) is 0 Å². The second-order valence-corrected chi connectivity index (χ2v) is 8.07. The number of hydrogen-bond acceptors (Lipinski definition) is 4. The minimum absolute atomic E-state index is 0.0385. The summed E-state index contributed by atoms with van der Waals surface area (Å²) in [6.45, 7) is 1.08. The molecule has 1 N–H and O–H groups in total. The van der Waals surface area contributed by atoms with E-state index >= 15 is 0 Å². The van der Waals surface area contributed by atoms with E-state index in [4.69, 9.17) is 4.74 Å². The number of phenolic OH excluding ortho intramolecular Hbond substituents is 1. The number of carbonyl (C=O) groups excluding carboxylic acids is 2. The van der Waals surface area contributed by atoms with Crippen molar-refractivity contribution in [2.24, 2.45) is 0 Å². The summed E-state index contributed by atoms with van der Waals surface area (Å²) in [6, 6.07) is 16.7. The molecule has 5 rings (SSSR count). The van der Waals surface area contributed by atoms with Gasteiger partial charge in [-0.1, -0.05) is 42.5 Å². The van der Waals surface area contributed by atoms with Gasteiger partial charge >= 0.3 is 0 Å². The van der Waals surface area contributed by atoms with Gasteiger partial charge in [-0.3, -0.25) is 9.59 Å². The maximum absolute atomic E-state index is 13.0. The molecule has 150 valence electrons. The van der Waals surface area contributed by atoms with E-state index < -0.39 is 5.72 Å². The zero-order chi connectivity index (χ0) is 20.0. The first-order valence-corrected chi connectivity index (χ1v) is 10.2. The predicted molar refractivity (Wildman–Crippen MR) is 106 cm³/mol. The summed E-state index contributed by atoms with van der Waals surface area (Å²) in [4.78, 5) is 29.6. The van der Waals surface area contributed by atoms with Gasteiger partial charge < -0.3 is 19.6 Å². The number of aromatic hydroxyl groups is 1. The van der Waals surface area contributed by atoms with Gasteiger partial charge in [-0.25, -0.2) is 0 Å². The highest BCUT2D eigenvalue weighted by Crippen LogP contribution is 2.51. The number of aryl methyl sites for hydroxylation is 1. The SMILES string of the molecule is O=C(CCc1cccc(O)c1)N1CC[C@@]23OC[C@@H](c4ccccc4)N2C(=O)C[C@@H]13. The van der Waals surface area contributed by atoms with Crippen LogP contribution in [-0.4, -0.2) is 51.6 Å². The average molecular weight is 392 g/mol. The van der Waals surface area contributed by atoms with Crippen molar-refractivity contribution in [1.82, 2.24) is 9.80 Å². The van der Waals surface area contributed by atoms with E-state index in [0.717, 1.165) is 11.1 Å². The van der Waals surface area contributed by atoms with Crippen molar-refractivity contribution in [3.63, 3.8) is 0 Å². The maximum Gasteiger partial charge on any atom is 0.227 e. The van der Waals surface area contributed by atoms with E-state index in [2.05, 4.69) is 0 Å². The van der Waals surface area contributed by atoms with Crippen molar-refractivity contribution in [2.45, 2.75) is 43.5 Å². The predicted octanol–water partition coefficient (Wildman–Crippen LogP) is 2.63. The Morgan fingerprint density at radius 1 is 1.17 bits per heavy atom. The van der Waals surface area contributed by atoms with Crippen molar-refractivity contribution < 1.29 is 19.4 Å². The number of phenols is 1. The summed E-state index contributed by atoms with van der Waals surface area (Å²) in [5.41, 5.74) is 1.32. The van der Waals surface area contributed by atoms with Crippen LogP contribution in [0.3, 0.4) is 0 Å². The first-order chi connectivity index (χ1) is 14.1. The topological polar surface area (TPSA) is 70.1 Å². The molecule has 0 radical (unpaired) electrons. The molecule has 3 saturated heterocycles. The molecule has 29 heavy (non-hydrogen) atoms. The second-order valence-electron chi connectivity index (χ2n) is 8.07. The zero-order valence-electron chi connectivity index (χ0n) is 16.2. The van der Waals surface area contributed by atoms with Crippen LogP contribution in [0.25, 0.3) is 0 Å². The van der Waals surface area contributed by atoms with Crippen LogP contribution in [-0.2, 0) is 20.7 Å². The van der Waals surface area contributed by atoms with Gasteiger partial charge in [-0.05, 0) is 29.7 Å². The lowest BCUT2D eigenvalue weighted by Crippen LogP contribution is -2.49. The molecule has 0 saturated carbocycles. The maximum atomic E-state index is 13.0. The number of amides is 2. The Kier molecular flexibility index (Phi) is 4.32. The molecular weight excluding hydrogens is 368 g/mol. The van der Waals surface area contributed by atoms with Crippen LogP contribution in [0.1, 0.15) is 36.4 Å². The molecule has 6 heteroatoms. The Bertz CT molecular complexity index is 947. The Morgan fingerprint density at radius 3 is 2.79 bits per heavy atom. The normalized spacial score (nSPS) is 27.9. The van der Waals surface area contributed by atoms with Crippen molar-refractivity contribution in [2.75, 3.05) is 13.2 Å². The summed E-state index contributed by atoms with van der Waals surface area (Å²) >= 11 is 0. The number of likely N-dealkylation sites (tertiary alicyclic amines) is 1. The summed E-state index contributed by atoms with van der Waals surface area (Å²) in [7, 11) is 0. The third-order valence-electron chi connectivity index (χ3n) is 6.50. The number of ether oxygens (including phenoxy) is 1. The van der Waals surface area contributed by atoms with E-state index in [1.54, 1.807) is 18.2 Å². The molecule has 2 amide bonds. The van der Waals surface area contributed by atoms with Gasteiger partial charge in [0.1, 0.15) is 5.75 Å². The van der Waals surface area contributed by atoms with Crippen molar-refractivity contribution in [3.05, 3.63) is 65.7 Å². The van der Waals surface area contributed by atoms with Gasteiger partial charge in [0, 0.05) is 19.4 Å². The van der Waals surface area contributed by atoms with Gasteiger partial charge in [-0.2, -0.15) is 0 Å². The molecular formula is C23H24N2O4. The van der Waals surface area contributed by atoms with Gasteiger partial charge in [0.25, 0.3) is 0 Å². The number of carbonyl (C=O) groups is 2. The fourth-order valence-electron chi connectivity index (χ4n) is 5.17. The first kappa shape index (κ1) is 18.2. The highest BCUT2D eigenvalue weighted by atomic mass is 16.5. The largest absolute Gasteiger partial charge is 0.508 e. The van der Waals surface area contributed by atoms with Gasteiger partial charge in [0.15, 0.2) is 5.72 Å². The first-order valence-electron chi connectivity index (χ1n) is 10.2. The highest BCUT2D eigenvalue weighted by Gasteiger charge is 2.65. The Hall–Kier alpha value is -2.86. The van der Waals surface area contributed by atoms with E-state index in [0.29, 0.717) is 38.8 Å². The lowest BCUT2D eigenvalue weighted by molar-refractivity contribution is -0.141. The Labute approximate surface area is 169 Å². The number of benzene rings is 2.